The molecule has 14 heavy (non-hydrogen) atoms. The second-order valence-electron chi connectivity index (χ2n) is 3.91. The van der Waals surface area contributed by atoms with Crippen LogP contribution in [0.15, 0.2) is 18.7 Å². The van der Waals surface area contributed by atoms with Gasteiger partial charge in [-0.25, -0.2) is 8.78 Å². The van der Waals surface area contributed by atoms with Gasteiger partial charge in [0.2, 0.25) is 0 Å². The summed E-state index contributed by atoms with van der Waals surface area (Å²) >= 11 is 0. The lowest BCUT2D eigenvalue weighted by atomic mass is 10.0. The average Bonchev–Trinajstić information content (AvgIpc) is 2.83. The molecule has 0 radical (unpaired) electrons. The molecule has 0 nitrogen and oxygen atoms in total. The van der Waals surface area contributed by atoms with E-state index in [-0.39, 0.29) is 5.56 Å². The summed E-state index contributed by atoms with van der Waals surface area (Å²) in [4.78, 5) is 0. The molecule has 0 heterocycles. The molecular weight excluding hydrogens is 182 g/mol. The Kier molecular flexibility index (Phi) is 2.14. The molecule has 0 spiro atoms. The summed E-state index contributed by atoms with van der Waals surface area (Å²) in [6.45, 7) is 5.17. The average molecular weight is 194 g/mol. The molecule has 0 N–H and O–H groups in total. The molecule has 0 saturated heterocycles. The highest BCUT2D eigenvalue weighted by Crippen LogP contribution is 2.41. The van der Waals surface area contributed by atoms with Crippen molar-refractivity contribution in [3.63, 3.8) is 0 Å². The number of allylic oxidation sites excluding steroid dienone is 1. The van der Waals surface area contributed by atoms with E-state index >= 15 is 0 Å². The van der Waals surface area contributed by atoms with Gasteiger partial charge in [-0.1, -0.05) is 6.58 Å². The highest BCUT2D eigenvalue weighted by Gasteiger charge is 2.25. The van der Waals surface area contributed by atoms with E-state index in [1.807, 2.05) is 0 Å². The molecule has 1 aliphatic rings. The van der Waals surface area contributed by atoms with Crippen molar-refractivity contribution >= 4 is 5.57 Å². The first-order valence-electron chi connectivity index (χ1n) is 4.74. The van der Waals surface area contributed by atoms with Gasteiger partial charge in [0.15, 0.2) is 0 Å². The third-order valence-corrected chi connectivity index (χ3v) is 2.54. The van der Waals surface area contributed by atoms with Gasteiger partial charge in [0.25, 0.3) is 0 Å². The lowest BCUT2D eigenvalue weighted by Gasteiger charge is -2.06. The third kappa shape index (κ3) is 1.57. The molecule has 1 saturated carbocycles. The highest BCUT2D eigenvalue weighted by atomic mass is 19.1. The predicted octanol–water partition coefficient (Wildman–Crippen LogP) is 3.88. The number of benzene rings is 1. The molecule has 0 atom stereocenters. The quantitative estimate of drug-likeness (QED) is 0.670. The first kappa shape index (κ1) is 9.38. The van der Waals surface area contributed by atoms with Crippen molar-refractivity contribution < 1.29 is 8.78 Å². The molecule has 74 valence electrons. The van der Waals surface area contributed by atoms with Crippen LogP contribution in [0.2, 0.25) is 0 Å². The molecule has 0 bridgehead atoms. The zero-order valence-electron chi connectivity index (χ0n) is 8.11. The zero-order chi connectivity index (χ0) is 10.3. The van der Waals surface area contributed by atoms with E-state index in [0.717, 1.165) is 18.4 Å². The van der Waals surface area contributed by atoms with E-state index in [4.69, 9.17) is 0 Å². The van der Waals surface area contributed by atoms with E-state index < -0.39 is 11.6 Å². The lowest BCUT2D eigenvalue weighted by Crippen LogP contribution is -1.95. The molecule has 1 aromatic carbocycles. The van der Waals surface area contributed by atoms with Crippen LogP contribution in [0, 0.1) is 11.6 Å². The lowest BCUT2D eigenvalue weighted by molar-refractivity contribution is 0.573. The van der Waals surface area contributed by atoms with Crippen molar-refractivity contribution in [1.29, 1.82) is 0 Å². The Morgan fingerprint density at radius 1 is 1.29 bits per heavy atom. The Morgan fingerprint density at radius 3 is 2.14 bits per heavy atom. The maximum atomic E-state index is 13.4. The topological polar surface area (TPSA) is 0 Å². The fraction of sp³-hybridized carbons (Fsp3) is 0.333. The van der Waals surface area contributed by atoms with Crippen molar-refractivity contribution in [1.82, 2.24) is 0 Å². The molecule has 1 aromatic rings. The molecule has 1 fully saturated rings. The van der Waals surface area contributed by atoms with E-state index in [2.05, 4.69) is 6.58 Å². The van der Waals surface area contributed by atoms with Crippen LogP contribution >= 0.6 is 0 Å². The van der Waals surface area contributed by atoms with Gasteiger partial charge in [-0.2, -0.15) is 0 Å². The van der Waals surface area contributed by atoms with Crippen molar-refractivity contribution in [2.45, 2.75) is 25.7 Å². The third-order valence-electron chi connectivity index (χ3n) is 2.54. The summed E-state index contributed by atoms with van der Waals surface area (Å²) in [5, 5.41) is 0. The van der Waals surface area contributed by atoms with Crippen LogP contribution in [-0.2, 0) is 0 Å². The van der Waals surface area contributed by atoms with E-state index in [1.165, 1.54) is 12.1 Å². The minimum absolute atomic E-state index is 0.0226. The molecule has 0 aromatic heterocycles. The minimum atomic E-state index is -0.487. The van der Waals surface area contributed by atoms with Gasteiger partial charge in [-0.3, -0.25) is 0 Å². The fourth-order valence-corrected chi connectivity index (χ4v) is 1.65. The molecule has 1 aliphatic carbocycles. The monoisotopic (exact) mass is 194 g/mol. The second-order valence-corrected chi connectivity index (χ2v) is 3.91. The van der Waals surface area contributed by atoms with Gasteiger partial charge in [0, 0.05) is 5.56 Å². The Morgan fingerprint density at radius 2 is 1.79 bits per heavy atom. The van der Waals surface area contributed by atoms with Crippen LogP contribution in [0.5, 0.6) is 0 Å². The van der Waals surface area contributed by atoms with Crippen molar-refractivity contribution in [3.05, 3.63) is 41.5 Å². The minimum Gasteiger partial charge on any atom is -0.206 e. The van der Waals surface area contributed by atoms with Crippen LogP contribution in [0.1, 0.15) is 36.8 Å². The summed E-state index contributed by atoms with van der Waals surface area (Å²) in [5.74, 6) is -0.600. The van der Waals surface area contributed by atoms with Crippen LogP contribution in [0.25, 0.3) is 5.57 Å². The SMILES string of the molecule is C=C(C)c1c(F)cc(C2CC2)cc1F. The van der Waals surface area contributed by atoms with Gasteiger partial charge < -0.3 is 0 Å². The summed E-state index contributed by atoms with van der Waals surface area (Å²) < 4.78 is 26.9. The second kappa shape index (κ2) is 3.19. The largest absolute Gasteiger partial charge is 0.206 e. The van der Waals surface area contributed by atoms with Crippen molar-refractivity contribution in [2.24, 2.45) is 0 Å². The number of rotatable bonds is 2. The van der Waals surface area contributed by atoms with Gasteiger partial charge >= 0.3 is 0 Å². The van der Waals surface area contributed by atoms with Gasteiger partial charge in [0.05, 0.1) is 0 Å². The summed E-state index contributed by atoms with van der Waals surface area (Å²) in [5.41, 5.74) is 1.24. The smallest absolute Gasteiger partial charge is 0.133 e. The first-order valence-corrected chi connectivity index (χ1v) is 4.74. The van der Waals surface area contributed by atoms with Crippen LogP contribution < -0.4 is 0 Å². The first-order chi connectivity index (χ1) is 6.59. The van der Waals surface area contributed by atoms with E-state index in [9.17, 15) is 8.78 Å². The van der Waals surface area contributed by atoms with Crippen LogP contribution in [-0.4, -0.2) is 0 Å². The predicted molar refractivity (Wildman–Crippen MR) is 53.0 cm³/mol. The Balaban J connectivity index is 2.49. The Hall–Kier alpha value is -1.18. The zero-order valence-corrected chi connectivity index (χ0v) is 8.11. The maximum absolute atomic E-state index is 13.4. The number of halogens is 2. The summed E-state index contributed by atoms with van der Waals surface area (Å²) in [7, 11) is 0. The van der Waals surface area contributed by atoms with Gasteiger partial charge in [0.1, 0.15) is 11.6 Å². The molecule has 0 aliphatic heterocycles. The van der Waals surface area contributed by atoms with Crippen LogP contribution in [0.3, 0.4) is 0 Å². The summed E-state index contributed by atoms with van der Waals surface area (Å²) in [6.07, 6.45) is 2.09. The molecule has 2 rings (SSSR count). The van der Waals surface area contributed by atoms with E-state index in [1.54, 1.807) is 6.92 Å². The molecule has 0 amide bonds. The van der Waals surface area contributed by atoms with Gasteiger partial charge in [-0.15, -0.1) is 0 Å². The van der Waals surface area contributed by atoms with Gasteiger partial charge in [-0.05, 0) is 49.0 Å². The summed E-state index contributed by atoms with van der Waals surface area (Å²) in [6, 6.07) is 2.87. The fourth-order valence-electron chi connectivity index (χ4n) is 1.65. The molecule has 0 unspecified atom stereocenters. The maximum Gasteiger partial charge on any atom is 0.133 e. The Bertz CT molecular complexity index is 366. The Labute approximate surface area is 82.3 Å². The highest BCUT2D eigenvalue weighted by molar-refractivity contribution is 5.63. The molecular formula is C12H12F2. The number of hydrogen-bond donors (Lipinski definition) is 0. The molecule has 2 heteroatoms. The van der Waals surface area contributed by atoms with Crippen LogP contribution in [0.4, 0.5) is 8.78 Å². The van der Waals surface area contributed by atoms with E-state index in [0.29, 0.717) is 11.5 Å². The normalized spacial score (nSPS) is 15.6. The van der Waals surface area contributed by atoms with Crippen molar-refractivity contribution in [3.8, 4) is 0 Å². The number of hydrogen-bond acceptors (Lipinski definition) is 0. The standard InChI is InChI=1S/C12H12F2/c1-7(2)12-10(13)5-9(6-11(12)14)8-3-4-8/h5-6,8H,1,3-4H2,2H3. The van der Waals surface area contributed by atoms with Crippen molar-refractivity contribution in [2.75, 3.05) is 0 Å².